The maximum Gasteiger partial charge on any atom is 0.155 e. The number of nitrogens with two attached hydrogens (primary N) is 1. The van der Waals surface area contributed by atoms with Crippen molar-refractivity contribution in [2.24, 2.45) is 0 Å². The van der Waals surface area contributed by atoms with Gasteiger partial charge in [0.1, 0.15) is 6.33 Å². The predicted octanol–water partition coefficient (Wildman–Crippen LogP) is 0.0199. The van der Waals surface area contributed by atoms with Crippen molar-refractivity contribution in [3.05, 3.63) is 12.5 Å². The average Bonchev–Trinajstić information content (AvgIpc) is 2.66. The molecule has 1 fully saturated rings. The number of nitrogen functional groups attached to an aromatic ring is 1. The van der Waals surface area contributed by atoms with Gasteiger partial charge in [-0.15, -0.1) is 0 Å². The van der Waals surface area contributed by atoms with Crippen LogP contribution in [0.1, 0.15) is 12.8 Å². The summed E-state index contributed by atoms with van der Waals surface area (Å²) < 4.78 is 0. The lowest BCUT2D eigenvalue weighted by Gasteiger charge is -2.24. The van der Waals surface area contributed by atoms with E-state index in [1.54, 1.807) is 6.20 Å². The fourth-order valence-corrected chi connectivity index (χ4v) is 1.88. The maximum absolute atomic E-state index is 9.16. The van der Waals surface area contributed by atoms with Gasteiger partial charge in [0.25, 0.3) is 0 Å². The molecule has 1 aromatic rings. The second kappa shape index (κ2) is 3.79. The number of aliphatic hydroxyl groups excluding tert-OH is 1. The van der Waals surface area contributed by atoms with E-state index < -0.39 is 0 Å². The topological polar surface area (TPSA) is 75.3 Å². The van der Waals surface area contributed by atoms with Gasteiger partial charge in [-0.1, -0.05) is 0 Å². The molecule has 1 aromatic heterocycles. The zero-order valence-corrected chi connectivity index (χ0v) is 7.93. The highest BCUT2D eigenvalue weighted by Gasteiger charge is 2.26. The largest absolute Gasteiger partial charge is 0.394 e. The van der Waals surface area contributed by atoms with Crippen LogP contribution in [0.5, 0.6) is 0 Å². The highest BCUT2D eigenvalue weighted by molar-refractivity contribution is 5.61. The molecule has 14 heavy (non-hydrogen) atoms. The van der Waals surface area contributed by atoms with E-state index in [1.807, 2.05) is 0 Å². The molecular weight excluding hydrogens is 180 g/mol. The Kier molecular flexibility index (Phi) is 2.49. The van der Waals surface area contributed by atoms with Crippen molar-refractivity contribution in [2.45, 2.75) is 18.9 Å². The van der Waals surface area contributed by atoms with Gasteiger partial charge in [0.15, 0.2) is 5.82 Å². The van der Waals surface area contributed by atoms with E-state index >= 15 is 0 Å². The Bertz CT molecular complexity index is 317. The van der Waals surface area contributed by atoms with E-state index in [1.165, 1.54) is 6.33 Å². The summed E-state index contributed by atoms with van der Waals surface area (Å²) in [5.74, 6) is 0.747. The monoisotopic (exact) mass is 194 g/mol. The molecule has 3 N–H and O–H groups in total. The summed E-state index contributed by atoms with van der Waals surface area (Å²) in [5.41, 5.74) is 6.35. The van der Waals surface area contributed by atoms with Crippen LogP contribution in [0.4, 0.5) is 11.5 Å². The minimum absolute atomic E-state index is 0.156. The minimum atomic E-state index is 0.156. The first-order valence-corrected chi connectivity index (χ1v) is 4.76. The van der Waals surface area contributed by atoms with Crippen LogP contribution in [-0.4, -0.2) is 34.3 Å². The Balaban J connectivity index is 2.26. The van der Waals surface area contributed by atoms with Crippen LogP contribution in [0.15, 0.2) is 12.5 Å². The Hall–Kier alpha value is -1.36. The molecule has 5 nitrogen and oxygen atoms in total. The van der Waals surface area contributed by atoms with Gasteiger partial charge in [-0.05, 0) is 12.8 Å². The zero-order chi connectivity index (χ0) is 9.97. The van der Waals surface area contributed by atoms with Crippen molar-refractivity contribution >= 4 is 11.5 Å². The van der Waals surface area contributed by atoms with E-state index in [-0.39, 0.29) is 12.6 Å². The first-order chi connectivity index (χ1) is 6.83. The van der Waals surface area contributed by atoms with Crippen molar-refractivity contribution in [3.8, 4) is 0 Å². The Morgan fingerprint density at radius 3 is 3.21 bits per heavy atom. The van der Waals surface area contributed by atoms with Crippen LogP contribution in [0.2, 0.25) is 0 Å². The fourth-order valence-electron chi connectivity index (χ4n) is 1.88. The van der Waals surface area contributed by atoms with E-state index in [0.29, 0.717) is 5.69 Å². The van der Waals surface area contributed by atoms with Crippen molar-refractivity contribution in [3.63, 3.8) is 0 Å². The van der Waals surface area contributed by atoms with Crippen LogP contribution in [0.3, 0.4) is 0 Å². The van der Waals surface area contributed by atoms with Crippen LogP contribution >= 0.6 is 0 Å². The third-order valence-corrected chi connectivity index (χ3v) is 2.58. The normalized spacial score (nSPS) is 21.5. The fraction of sp³-hybridized carbons (Fsp3) is 0.556. The van der Waals surface area contributed by atoms with Crippen LogP contribution < -0.4 is 10.6 Å². The molecule has 0 saturated carbocycles. The second-order valence-corrected chi connectivity index (χ2v) is 3.47. The third-order valence-electron chi connectivity index (χ3n) is 2.58. The first kappa shape index (κ1) is 9.21. The molecule has 0 amide bonds. The summed E-state index contributed by atoms with van der Waals surface area (Å²) in [6.45, 7) is 1.07. The van der Waals surface area contributed by atoms with Gasteiger partial charge in [0.05, 0.1) is 24.5 Å². The average molecular weight is 194 g/mol. The van der Waals surface area contributed by atoms with Gasteiger partial charge in [0.2, 0.25) is 0 Å². The Morgan fingerprint density at radius 2 is 2.50 bits per heavy atom. The van der Waals surface area contributed by atoms with Crippen LogP contribution in [0.25, 0.3) is 0 Å². The summed E-state index contributed by atoms with van der Waals surface area (Å²) in [5, 5.41) is 9.16. The smallest absolute Gasteiger partial charge is 0.155 e. The molecule has 1 aliphatic rings. The lowest BCUT2D eigenvalue weighted by molar-refractivity contribution is 0.266. The number of aliphatic hydroxyl groups is 1. The summed E-state index contributed by atoms with van der Waals surface area (Å²) >= 11 is 0. The van der Waals surface area contributed by atoms with E-state index in [0.717, 1.165) is 25.2 Å². The molecule has 1 unspecified atom stereocenters. The highest BCUT2D eigenvalue weighted by atomic mass is 16.3. The molecule has 0 aromatic carbocycles. The standard InChI is InChI=1S/C9H14N4O/c10-8-4-11-6-12-9(8)13-3-1-2-7(13)5-14/h4,6-7,14H,1-3,5,10H2. The molecule has 0 aliphatic carbocycles. The number of nitrogens with zero attached hydrogens (tertiary/aromatic N) is 3. The summed E-state index contributed by atoms with van der Waals surface area (Å²) in [6, 6.07) is 0.159. The van der Waals surface area contributed by atoms with E-state index in [9.17, 15) is 0 Å². The summed E-state index contributed by atoms with van der Waals surface area (Å²) in [7, 11) is 0. The van der Waals surface area contributed by atoms with Crippen LogP contribution in [0, 0.1) is 0 Å². The predicted molar refractivity (Wildman–Crippen MR) is 53.9 cm³/mol. The SMILES string of the molecule is Nc1cncnc1N1CCCC1CO. The van der Waals surface area contributed by atoms with Crippen molar-refractivity contribution in [1.29, 1.82) is 0 Å². The van der Waals surface area contributed by atoms with Gasteiger partial charge >= 0.3 is 0 Å². The number of rotatable bonds is 2. The van der Waals surface area contributed by atoms with Crippen molar-refractivity contribution < 1.29 is 5.11 Å². The van der Waals surface area contributed by atoms with Gasteiger partial charge in [-0.2, -0.15) is 0 Å². The second-order valence-electron chi connectivity index (χ2n) is 3.47. The molecule has 0 bridgehead atoms. The molecular formula is C9H14N4O. The van der Waals surface area contributed by atoms with Crippen molar-refractivity contribution in [2.75, 3.05) is 23.8 Å². The lowest BCUT2D eigenvalue weighted by Crippen LogP contribution is -2.33. The zero-order valence-electron chi connectivity index (χ0n) is 7.93. The van der Waals surface area contributed by atoms with Gasteiger partial charge in [-0.25, -0.2) is 9.97 Å². The van der Waals surface area contributed by atoms with Gasteiger partial charge < -0.3 is 15.7 Å². The number of hydrogen-bond donors (Lipinski definition) is 2. The molecule has 0 radical (unpaired) electrons. The number of anilines is 2. The molecule has 76 valence electrons. The van der Waals surface area contributed by atoms with E-state index in [2.05, 4.69) is 14.9 Å². The molecule has 1 aliphatic heterocycles. The third kappa shape index (κ3) is 1.50. The maximum atomic E-state index is 9.16. The minimum Gasteiger partial charge on any atom is -0.394 e. The lowest BCUT2D eigenvalue weighted by atomic mass is 10.2. The number of aromatic nitrogens is 2. The Morgan fingerprint density at radius 1 is 1.64 bits per heavy atom. The molecule has 1 atom stereocenters. The number of hydrogen-bond acceptors (Lipinski definition) is 5. The quantitative estimate of drug-likeness (QED) is 0.694. The summed E-state index contributed by atoms with van der Waals surface area (Å²) in [6.07, 6.45) is 5.15. The van der Waals surface area contributed by atoms with Crippen LogP contribution in [-0.2, 0) is 0 Å². The van der Waals surface area contributed by atoms with E-state index in [4.69, 9.17) is 10.8 Å². The molecule has 5 heteroatoms. The van der Waals surface area contributed by atoms with Crippen molar-refractivity contribution in [1.82, 2.24) is 9.97 Å². The molecule has 1 saturated heterocycles. The highest BCUT2D eigenvalue weighted by Crippen LogP contribution is 2.26. The van der Waals surface area contributed by atoms with Gasteiger partial charge in [0, 0.05) is 6.54 Å². The van der Waals surface area contributed by atoms with Gasteiger partial charge in [-0.3, -0.25) is 0 Å². The molecule has 0 spiro atoms. The Labute approximate surface area is 82.6 Å². The summed E-state index contributed by atoms with van der Waals surface area (Å²) in [4.78, 5) is 10.0. The first-order valence-electron chi connectivity index (χ1n) is 4.76. The molecule has 2 rings (SSSR count). The molecule has 2 heterocycles.